The predicted octanol–water partition coefficient (Wildman–Crippen LogP) is 2.95. The summed E-state index contributed by atoms with van der Waals surface area (Å²) >= 11 is 0. The summed E-state index contributed by atoms with van der Waals surface area (Å²) in [4.78, 5) is 7.07. The van der Waals surface area contributed by atoms with Gasteiger partial charge < -0.3 is 0 Å². The fourth-order valence-electron chi connectivity index (χ4n) is 3.03. The molecule has 2 heterocycles. The topological polar surface area (TPSA) is 15.6 Å². The average Bonchev–Trinajstić information content (AvgIpc) is 3.14. The maximum atomic E-state index is 5.14. The van der Waals surface area contributed by atoms with Crippen molar-refractivity contribution in [2.24, 2.45) is 4.99 Å². The predicted molar refractivity (Wildman–Crippen MR) is 87.8 cm³/mol. The lowest BCUT2D eigenvalue weighted by molar-refractivity contribution is 0.371. The fourth-order valence-corrected chi connectivity index (χ4v) is 3.03. The molecule has 104 valence electrons. The summed E-state index contributed by atoms with van der Waals surface area (Å²) in [6.07, 6.45) is 10.6. The van der Waals surface area contributed by atoms with Crippen LogP contribution in [0.3, 0.4) is 0 Å². The molecule has 3 rings (SSSR count). The molecule has 0 aliphatic carbocycles. The van der Waals surface area contributed by atoms with Gasteiger partial charge in [-0.3, -0.25) is 9.89 Å². The SMILES string of the molecule is C#CC#Cc1ccc(C2=CN=C([C@@H]3CCCN3C)C2)cc1. The summed E-state index contributed by atoms with van der Waals surface area (Å²) in [6, 6.07) is 8.76. The number of rotatable bonds is 2. The van der Waals surface area contributed by atoms with E-state index < -0.39 is 0 Å². The molecule has 0 N–H and O–H groups in total. The zero-order valence-corrected chi connectivity index (χ0v) is 12.3. The van der Waals surface area contributed by atoms with Crippen molar-refractivity contribution < 1.29 is 0 Å². The van der Waals surface area contributed by atoms with Crippen molar-refractivity contribution in [3.8, 4) is 24.2 Å². The first-order chi connectivity index (χ1) is 10.3. The summed E-state index contributed by atoms with van der Waals surface area (Å²) in [5.41, 5.74) is 4.77. The second kappa shape index (κ2) is 6.00. The maximum absolute atomic E-state index is 5.14. The van der Waals surface area contributed by atoms with Crippen LogP contribution in [0.15, 0.2) is 35.5 Å². The summed E-state index contributed by atoms with van der Waals surface area (Å²) in [7, 11) is 2.19. The molecule has 1 aromatic carbocycles. The van der Waals surface area contributed by atoms with E-state index in [1.165, 1.54) is 36.2 Å². The average molecular weight is 274 g/mol. The van der Waals surface area contributed by atoms with E-state index >= 15 is 0 Å². The molecule has 2 nitrogen and oxygen atoms in total. The number of terminal acetylenes is 1. The van der Waals surface area contributed by atoms with E-state index in [9.17, 15) is 0 Å². The highest BCUT2D eigenvalue weighted by Gasteiger charge is 2.28. The number of aliphatic imine (C=N–C) groups is 1. The lowest BCUT2D eigenvalue weighted by Crippen LogP contribution is -2.32. The van der Waals surface area contributed by atoms with Crippen LogP contribution in [-0.2, 0) is 0 Å². The standard InChI is InChI=1S/C19H18N2/c1-3-4-6-15-8-10-16(11-9-15)17-13-18(20-14-17)19-7-5-12-21(19)2/h1,8-11,14,19H,5,7,12-13H2,2H3/t19-/m0/s1. The van der Waals surface area contributed by atoms with Crippen molar-refractivity contribution in [3.05, 3.63) is 41.6 Å². The van der Waals surface area contributed by atoms with Gasteiger partial charge in [0.15, 0.2) is 0 Å². The van der Waals surface area contributed by atoms with Gasteiger partial charge in [0.2, 0.25) is 0 Å². The molecule has 0 aromatic heterocycles. The maximum Gasteiger partial charge on any atom is 0.0482 e. The molecule has 21 heavy (non-hydrogen) atoms. The van der Waals surface area contributed by atoms with E-state index in [-0.39, 0.29) is 0 Å². The highest BCUT2D eigenvalue weighted by Crippen LogP contribution is 2.29. The first kappa shape index (κ1) is 13.7. The third-order valence-corrected chi connectivity index (χ3v) is 4.20. The Kier molecular flexibility index (Phi) is 3.91. The first-order valence-electron chi connectivity index (χ1n) is 7.31. The van der Waals surface area contributed by atoms with Crippen LogP contribution in [-0.4, -0.2) is 30.2 Å². The molecule has 0 unspecified atom stereocenters. The van der Waals surface area contributed by atoms with E-state index in [0.717, 1.165) is 12.0 Å². The minimum atomic E-state index is 0.527. The largest absolute Gasteiger partial charge is 0.298 e. The summed E-state index contributed by atoms with van der Waals surface area (Å²) in [6.45, 7) is 1.18. The molecule has 1 fully saturated rings. The van der Waals surface area contributed by atoms with E-state index in [1.54, 1.807) is 0 Å². The Morgan fingerprint density at radius 2 is 2.10 bits per heavy atom. The molecule has 1 saturated heterocycles. The molecule has 1 atom stereocenters. The van der Waals surface area contributed by atoms with Gasteiger partial charge in [-0.05, 0) is 61.5 Å². The highest BCUT2D eigenvalue weighted by molar-refractivity contribution is 6.01. The van der Waals surface area contributed by atoms with Crippen molar-refractivity contribution in [3.63, 3.8) is 0 Å². The van der Waals surface area contributed by atoms with E-state index in [4.69, 9.17) is 6.42 Å². The molecule has 0 radical (unpaired) electrons. The number of likely N-dealkylation sites (tertiary alicyclic amines) is 1. The molecular formula is C19H18N2. The second-order valence-corrected chi connectivity index (χ2v) is 5.56. The number of hydrogen-bond acceptors (Lipinski definition) is 2. The molecule has 2 heteroatoms. The lowest BCUT2D eigenvalue weighted by Gasteiger charge is -2.19. The molecule has 0 amide bonds. The van der Waals surface area contributed by atoms with E-state index in [2.05, 4.69) is 46.8 Å². The minimum absolute atomic E-state index is 0.527. The van der Waals surface area contributed by atoms with E-state index in [0.29, 0.717) is 6.04 Å². The molecule has 0 spiro atoms. The van der Waals surface area contributed by atoms with Gasteiger partial charge in [0.05, 0.1) is 0 Å². The van der Waals surface area contributed by atoms with Crippen molar-refractivity contribution in [2.75, 3.05) is 13.6 Å². The van der Waals surface area contributed by atoms with Crippen LogP contribution in [0.1, 0.15) is 30.4 Å². The molecule has 0 bridgehead atoms. The van der Waals surface area contributed by atoms with Crippen molar-refractivity contribution >= 4 is 11.3 Å². The van der Waals surface area contributed by atoms with Crippen LogP contribution in [0.2, 0.25) is 0 Å². The van der Waals surface area contributed by atoms with Gasteiger partial charge in [-0.15, -0.1) is 6.42 Å². The third kappa shape index (κ3) is 2.92. The van der Waals surface area contributed by atoms with Crippen LogP contribution >= 0.6 is 0 Å². The Labute approximate surface area is 126 Å². The molecular weight excluding hydrogens is 256 g/mol. The lowest BCUT2D eigenvalue weighted by atomic mass is 9.98. The van der Waals surface area contributed by atoms with Crippen LogP contribution in [0.5, 0.6) is 0 Å². The molecule has 0 saturated carbocycles. The zero-order valence-electron chi connectivity index (χ0n) is 12.3. The zero-order chi connectivity index (χ0) is 14.7. The number of benzene rings is 1. The summed E-state index contributed by atoms with van der Waals surface area (Å²) in [5.74, 6) is 7.90. The highest BCUT2D eigenvalue weighted by atomic mass is 15.2. The number of hydrogen-bond donors (Lipinski definition) is 0. The summed E-state index contributed by atoms with van der Waals surface area (Å²) in [5, 5.41) is 0. The van der Waals surface area contributed by atoms with Gasteiger partial charge in [0.1, 0.15) is 0 Å². The Hall–Kier alpha value is -2.29. The Morgan fingerprint density at radius 3 is 2.76 bits per heavy atom. The van der Waals surface area contributed by atoms with Gasteiger partial charge in [-0.2, -0.15) is 0 Å². The molecule has 2 aliphatic heterocycles. The smallest absolute Gasteiger partial charge is 0.0482 e. The number of allylic oxidation sites excluding steroid dienone is 1. The van der Waals surface area contributed by atoms with Crippen molar-refractivity contribution in [2.45, 2.75) is 25.3 Å². The summed E-state index contributed by atoms with van der Waals surface area (Å²) < 4.78 is 0. The second-order valence-electron chi connectivity index (χ2n) is 5.56. The number of nitrogens with zero attached hydrogens (tertiary/aromatic N) is 2. The molecule has 1 aromatic rings. The van der Waals surface area contributed by atoms with Crippen molar-refractivity contribution in [1.82, 2.24) is 4.90 Å². The monoisotopic (exact) mass is 274 g/mol. The molecule has 2 aliphatic rings. The minimum Gasteiger partial charge on any atom is -0.298 e. The van der Waals surface area contributed by atoms with Gasteiger partial charge in [-0.25, -0.2) is 0 Å². The van der Waals surface area contributed by atoms with Gasteiger partial charge in [-0.1, -0.05) is 18.1 Å². The normalized spacial score (nSPS) is 21.2. The Morgan fingerprint density at radius 1 is 1.29 bits per heavy atom. The van der Waals surface area contributed by atoms with Gasteiger partial charge >= 0.3 is 0 Å². The Balaban J connectivity index is 1.69. The first-order valence-corrected chi connectivity index (χ1v) is 7.31. The van der Waals surface area contributed by atoms with Crippen molar-refractivity contribution in [1.29, 1.82) is 0 Å². The van der Waals surface area contributed by atoms with Crippen LogP contribution in [0, 0.1) is 24.2 Å². The quantitative estimate of drug-likeness (QED) is 0.757. The van der Waals surface area contributed by atoms with Crippen LogP contribution in [0.4, 0.5) is 0 Å². The third-order valence-electron chi connectivity index (χ3n) is 4.20. The fraction of sp³-hybridized carbons (Fsp3) is 0.316. The van der Waals surface area contributed by atoms with E-state index in [1.807, 2.05) is 18.3 Å². The van der Waals surface area contributed by atoms with Gasteiger partial charge in [0.25, 0.3) is 0 Å². The van der Waals surface area contributed by atoms with Crippen LogP contribution < -0.4 is 0 Å². The van der Waals surface area contributed by atoms with Crippen LogP contribution in [0.25, 0.3) is 5.57 Å². The Bertz CT molecular complexity index is 690. The van der Waals surface area contributed by atoms with Gasteiger partial charge in [0, 0.05) is 29.9 Å².